The van der Waals surface area contributed by atoms with Crippen LogP contribution in [0.3, 0.4) is 0 Å². The number of aromatic amines is 1. The van der Waals surface area contributed by atoms with Gasteiger partial charge in [-0.3, -0.25) is 9.69 Å². The highest BCUT2D eigenvalue weighted by Gasteiger charge is 2.28. The van der Waals surface area contributed by atoms with Crippen LogP contribution < -0.4 is 0 Å². The molecule has 7 heteroatoms. The van der Waals surface area contributed by atoms with E-state index in [-0.39, 0.29) is 5.91 Å². The second kappa shape index (κ2) is 7.61. The molecule has 0 unspecified atom stereocenters. The molecule has 0 saturated carbocycles. The molecule has 4 rings (SSSR count). The molecule has 2 aromatic heterocycles. The monoisotopic (exact) mass is 356 g/mol. The number of amides is 1. The van der Waals surface area contributed by atoms with E-state index in [1.165, 1.54) is 32.4 Å². The molecule has 2 aromatic rings. The molecule has 0 aromatic carbocycles. The maximum atomic E-state index is 12.5. The molecule has 2 saturated heterocycles. The van der Waals surface area contributed by atoms with Crippen LogP contribution in [-0.2, 0) is 13.6 Å². The Morgan fingerprint density at radius 1 is 1.15 bits per heavy atom. The van der Waals surface area contributed by atoms with Crippen molar-refractivity contribution in [2.45, 2.75) is 44.6 Å². The van der Waals surface area contributed by atoms with E-state index in [0.717, 1.165) is 49.7 Å². The van der Waals surface area contributed by atoms with Gasteiger partial charge in [-0.2, -0.15) is 0 Å². The average Bonchev–Trinajstić information content (AvgIpc) is 3.33. The number of rotatable bonds is 4. The van der Waals surface area contributed by atoms with Crippen molar-refractivity contribution in [1.29, 1.82) is 0 Å². The lowest BCUT2D eigenvalue weighted by Crippen LogP contribution is -2.38. The lowest BCUT2D eigenvalue weighted by atomic mass is 9.95. The maximum absolute atomic E-state index is 12.5. The van der Waals surface area contributed by atoms with Crippen molar-refractivity contribution < 1.29 is 4.79 Å². The SMILES string of the molecule is Cn1c(CN2CCCCC2)nnc1C1CCN(C(=O)c2cc[nH]c2)CC1. The van der Waals surface area contributed by atoms with Crippen LogP contribution in [0.1, 0.15) is 60.0 Å². The first-order valence-corrected chi connectivity index (χ1v) is 9.75. The van der Waals surface area contributed by atoms with Gasteiger partial charge in [0.15, 0.2) is 0 Å². The van der Waals surface area contributed by atoms with Gasteiger partial charge < -0.3 is 14.5 Å². The summed E-state index contributed by atoms with van der Waals surface area (Å²) in [6, 6.07) is 1.84. The molecule has 26 heavy (non-hydrogen) atoms. The van der Waals surface area contributed by atoms with Crippen LogP contribution in [0.2, 0.25) is 0 Å². The summed E-state index contributed by atoms with van der Waals surface area (Å²) in [6.45, 7) is 4.80. The van der Waals surface area contributed by atoms with Crippen LogP contribution in [0, 0.1) is 0 Å². The zero-order valence-corrected chi connectivity index (χ0v) is 15.5. The molecule has 1 amide bonds. The molecular weight excluding hydrogens is 328 g/mol. The molecular formula is C19H28N6O. The Bertz CT molecular complexity index is 723. The maximum Gasteiger partial charge on any atom is 0.255 e. The van der Waals surface area contributed by atoms with Gasteiger partial charge in [-0.25, -0.2) is 0 Å². The number of piperidine rings is 2. The number of carbonyl (C=O) groups excluding carboxylic acids is 1. The van der Waals surface area contributed by atoms with Gasteiger partial charge in [0.25, 0.3) is 5.91 Å². The van der Waals surface area contributed by atoms with Crippen molar-refractivity contribution in [2.24, 2.45) is 7.05 Å². The van der Waals surface area contributed by atoms with E-state index in [4.69, 9.17) is 0 Å². The first-order chi connectivity index (χ1) is 12.7. The number of likely N-dealkylation sites (tertiary alicyclic amines) is 2. The molecule has 4 heterocycles. The number of nitrogens with one attached hydrogen (secondary N) is 1. The summed E-state index contributed by atoms with van der Waals surface area (Å²) in [5, 5.41) is 8.97. The number of H-pyrrole nitrogens is 1. The Morgan fingerprint density at radius 2 is 1.92 bits per heavy atom. The number of nitrogens with zero attached hydrogens (tertiary/aromatic N) is 5. The van der Waals surface area contributed by atoms with E-state index in [0.29, 0.717) is 5.92 Å². The van der Waals surface area contributed by atoms with Gasteiger partial charge >= 0.3 is 0 Å². The average molecular weight is 356 g/mol. The highest BCUT2D eigenvalue weighted by molar-refractivity contribution is 5.94. The molecule has 140 valence electrons. The lowest BCUT2D eigenvalue weighted by molar-refractivity contribution is 0.0710. The van der Waals surface area contributed by atoms with Crippen LogP contribution in [-0.4, -0.2) is 61.6 Å². The third-order valence-electron chi connectivity index (χ3n) is 5.80. The molecule has 7 nitrogen and oxygen atoms in total. The summed E-state index contributed by atoms with van der Waals surface area (Å²) in [6.07, 6.45) is 9.39. The minimum Gasteiger partial charge on any atom is -0.367 e. The van der Waals surface area contributed by atoms with Crippen molar-refractivity contribution in [3.05, 3.63) is 35.7 Å². The van der Waals surface area contributed by atoms with Crippen LogP contribution in [0.25, 0.3) is 0 Å². The van der Waals surface area contributed by atoms with Crippen molar-refractivity contribution in [3.63, 3.8) is 0 Å². The molecule has 0 aliphatic carbocycles. The predicted molar refractivity (Wildman–Crippen MR) is 98.8 cm³/mol. The minimum atomic E-state index is 0.119. The highest BCUT2D eigenvalue weighted by Crippen LogP contribution is 2.28. The van der Waals surface area contributed by atoms with Crippen LogP contribution in [0.5, 0.6) is 0 Å². The minimum absolute atomic E-state index is 0.119. The largest absolute Gasteiger partial charge is 0.367 e. The smallest absolute Gasteiger partial charge is 0.255 e. The van der Waals surface area contributed by atoms with Crippen LogP contribution in [0.15, 0.2) is 18.5 Å². The Balaban J connectivity index is 1.36. The van der Waals surface area contributed by atoms with Crippen LogP contribution >= 0.6 is 0 Å². The van der Waals surface area contributed by atoms with E-state index < -0.39 is 0 Å². The molecule has 0 bridgehead atoms. The Labute approximate surface area is 154 Å². The van der Waals surface area contributed by atoms with E-state index in [1.54, 1.807) is 12.4 Å². The second-order valence-electron chi connectivity index (χ2n) is 7.54. The zero-order chi connectivity index (χ0) is 17.9. The zero-order valence-electron chi connectivity index (χ0n) is 15.5. The molecule has 1 N–H and O–H groups in total. The Morgan fingerprint density at radius 3 is 2.62 bits per heavy atom. The quantitative estimate of drug-likeness (QED) is 0.911. The van der Waals surface area contributed by atoms with E-state index >= 15 is 0 Å². The Kier molecular flexibility index (Phi) is 5.06. The molecule has 2 aliphatic heterocycles. The first kappa shape index (κ1) is 17.3. The van der Waals surface area contributed by atoms with E-state index in [1.807, 2.05) is 11.0 Å². The van der Waals surface area contributed by atoms with Crippen molar-refractivity contribution >= 4 is 5.91 Å². The molecule has 2 fully saturated rings. The molecule has 2 aliphatic rings. The van der Waals surface area contributed by atoms with Crippen molar-refractivity contribution in [2.75, 3.05) is 26.2 Å². The molecule has 0 atom stereocenters. The summed E-state index contributed by atoms with van der Waals surface area (Å²) in [7, 11) is 2.09. The molecule has 0 radical (unpaired) electrons. The first-order valence-electron chi connectivity index (χ1n) is 9.75. The number of hydrogen-bond donors (Lipinski definition) is 1. The fraction of sp³-hybridized carbons (Fsp3) is 0.632. The fourth-order valence-electron chi connectivity index (χ4n) is 4.17. The second-order valence-corrected chi connectivity index (χ2v) is 7.54. The summed E-state index contributed by atoms with van der Waals surface area (Å²) in [5.41, 5.74) is 0.742. The summed E-state index contributed by atoms with van der Waals surface area (Å²) < 4.78 is 2.18. The fourth-order valence-corrected chi connectivity index (χ4v) is 4.17. The molecule has 0 spiro atoms. The standard InChI is InChI=1S/C19H28N6O/c1-23-17(14-24-9-3-2-4-10-24)21-22-18(23)15-6-11-25(12-7-15)19(26)16-5-8-20-13-16/h5,8,13,15,20H,2-4,6-7,9-12,14H2,1H3. The van der Waals surface area contributed by atoms with Gasteiger partial charge in [-0.05, 0) is 44.8 Å². The predicted octanol–water partition coefficient (Wildman–Crippen LogP) is 2.15. The van der Waals surface area contributed by atoms with Gasteiger partial charge in [-0.1, -0.05) is 6.42 Å². The summed E-state index contributed by atoms with van der Waals surface area (Å²) >= 11 is 0. The van der Waals surface area contributed by atoms with Gasteiger partial charge in [-0.15, -0.1) is 10.2 Å². The number of hydrogen-bond acceptors (Lipinski definition) is 4. The van der Waals surface area contributed by atoms with E-state index in [9.17, 15) is 4.79 Å². The van der Waals surface area contributed by atoms with Gasteiger partial charge in [0.1, 0.15) is 11.6 Å². The summed E-state index contributed by atoms with van der Waals surface area (Å²) in [4.78, 5) is 19.8. The third kappa shape index (κ3) is 3.53. The number of aromatic nitrogens is 4. The normalized spacial score (nSPS) is 19.8. The van der Waals surface area contributed by atoms with E-state index in [2.05, 4.69) is 31.7 Å². The summed E-state index contributed by atoms with van der Waals surface area (Å²) in [5.74, 6) is 2.64. The van der Waals surface area contributed by atoms with Crippen molar-refractivity contribution in [1.82, 2.24) is 29.5 Å². The van der Waals surface area contributed by atoms with Gasteiger partial charge in [0, 0.05) is 38.4 Å². The topological polar surface area (TPSA) is 70.1 Å². The van der Waals surface area contributed by atoms with Crippen LogP contribution in [0.4, 0.5) is 0 Å². The van der Waals surface area contributed by atoms with Crippen molar-refractivity contribution in [3.8, 4) is 0 Å². The number of carbonyl (C=O) groups is 1. The van der Waals surface area contributed by atoms with Gasteiger partial charge in [0.2, 0.25) is 0 Å². The van der Waals surface area contributed by atoms with Gasteiger partial charge in [0.05, 0.1) is 12.1 Å². The Hall–Kier alpha value is -2.15. The highest BCUT2D eigenvalue weighted by atomic mass is 16.2. The third-order valence-corrected chi connectivity index (χ3v) is 5.80. The lowest BCUT2D eigenvalue weighted by Gasteiger charge is -2.31.